The van der Waals surface area contributed by atoms with Crippen LogP contribution in [-0.4, -0.2) is 33.1 Å². The van der Waals surface area contributed by atoms with Gasteiger partial charge < -0.3 is 4.74 Å². The SMILES string of the molecule is CCOC(=O)CSc1nnc(-c2ccc(Br)cc2)n1-c1ccccc1. The van der Waals surface area contributed by atoms with Gasteiger partial charge in [-0.1, -0.05) is 58.0 Å². The van der Waals surface area contributed by atoms with Gasteiger partial charge in [0.15, 0.2) is 11.0 Å². The summed E-state index contributed by atoms with van der Waals surface area (Å²) in [5, 5.41) is 9.27. The largest absolute Gasteiger partial charge is 0.465 e. The number of para-hydroxylation sites is 1. The molecular formula is C18H16BrN3O2S. The fourth-order valence-electron chi connectivity index (χ4n) is 2.29. The second kappa shape index (κ2) is 8.31. The van der Waals surface area contributed by atoms with E-state index in [1.165, 1.54) is 11.8 Å². The highest BCUT2D eigenvalue weighted by Gasteiger charge is 2.17. The Morgan fingerprint density at radius 1 is 1.12 bits per heavy atom. The number of ether oxygens (including phenoxy) is 1. The van der Waals surface area contributed by atoms with E-state index >= 15 is 0 Å². The molecule has 0 spiro atoms. The third-order valence-corrected chi connectivity index (χ3v) is 4.81. The highest BCUT2D eigenvalue weighted by atomic mass is 79.9. The molecule has 1 heterocycles. The first-order valence-corrected chi connectivity index (χ1v) is 9.52. The molecule has 7 heteroatoms. The van der Waals surface area contributed by atoms with Crippen molar-refractivity contribution in [1.29, 1.82) is 0 Å². The summed E-state index contributed by atoms with van der Waals surface area (Å²) in [6.45, 7) is 2.16. The molecule has 0 aliphatic rings. The van der Waals surface area contributed by atoms with Crippen LogP contribution in [0.25, 0.3) is 17.1 Å². The fraction of sp³-hybridized carbons (Fsp3) is 0.167. The summed E-state index contributed by atoms with van der Waals surface area (Å²) in [4.78, 5) is 11.7. The number of esters is 1. The summed E-state index contributed by atoms with van der Waals surface area (Å²) in [7, 11) is 0. The molecule has 0 aliphatic heterocycles. The molecular weight excluding hydrogens is 402 g/mol. The lowest BCUT2D eigenvalue weighted by Gasteiger charge is -2.10. The Labute approximate surface area is 158 Å². The van der Waals surface area contributed by atoms with Crippen LogP contribution in [-0.2, 0) is 9.53 Å². The number of thioether (sulfide) groups is 1. The van der Waals surface area contributed by atoms with Crippen LogP contribution in [0, 0.1) is 0 Å². The maximum absolute atomic E-state index is 11.7. The number of hydrogen-bond donors (Lipinski definition) is 0. The summed E-state index contributed by atoms with van der Waals surface area (Å²) in [5.41, 5.74) is 1.89. The van der Waals surface area contributed by atoms with Gasteiger partial charge in [-0.05, 0) is 31.2 Å². The number of carbonyl (C=O) groups excluding carboxylic acids is 1. The van der Waals surface area contributed by atoms with E-state index in [1.807, 2.05) is 59.2 Å². The topological polar surface area (TPSA) is 57.0 Å². The minimum Gasteiger partial charge on any atom is -0.465 e. The molecule has 0 amide bonds. The van der Waals surface area contributed by atoms with Gasteiger partial charge in [0.2, 0.25) is 0 Å². The van der Waals surface area contributed by atoms with E-state index in [0.29, 0.717) is 11.8 Å². The average molecular weight is 418 g/mol. The van der Waals surface area contributed by atoms with Crippen molar-refractivity contribution in [2.24, 2.45) is 0 Å². The van der Waals surface area contributed by atoms with Crippen LogP contribution in [0.15, 0.2) is 64.2 Å². The van der Waals surface area contributed by atoms with Gasteiger partial charge in [-0.2, -0.15) is 0 Å². The Morgan fingerprint density at radius 3 is 2.52 bits per heavy atom. The predicted molar refractivity (Wildman–Crippen MR) is 102 cm³/mol. The van der Waals surface area contributed by atoms with E-state index in [1.54, 1.807) is 6.92 Å². The zero-order valence-corrected chi connectivity index (χ0v) is 16.0. The molecule has 5 nitrogen and oxygen atoms in total. The molecule has 0 saturated heterocycles. The average Bonchev–Trinajstić information content (AvgIpc) is 3.05. The van der Waals surface area contributed by atoms with Crippen LogP contribution in [0.1, 0.15) is 6.92 Å². The van der Waals surface area contributed by atoms with Crippen LogP contribution < -0.4 is 0 Å². The van der Waals surface area contributed by atoms with Crippen molar-refractivity contribution in [2.45, 2.75) is 12.1 Å². The molecule has 0 unspecified atom stereocenters. The Kier molecular flexibility index (Phi) is 5.88. The summed E-state index contributed by atoms with van der Waals surface area (Å²) in [6, 6.07) is 17.7. The molecule has 0 radical (unpaired) electrons. The molecule has 2 aromatic carbocycles. The van der Waals surface area contributed by atoms with E-state index < -0.39 is 0 Å². The fourth-order valence-corrected chi connectivity index (χ4v) is 3.30. The van der Waals surface area contributed by atoms with Crippen molar-refractivity contribution in [2.75, 3.05) is 12.4 Å². The molecule has 0 N–H and O–H groups in total. The van der Waals surface area contributed by atoms with Crippen LogP contribution in [0.5, 0.6) is 0 Å². The van der Waals surface area contributed by atoms with E-state index in [4.69, 9.17) is 4.74 Å². The highest BCUT2D eigenvalue weighted by Crippen LogP contribution is 2.28. The normalized spacial score (nSPS) is 10.6. The summed E-state index contributed by atoms with van der Waals surface area (Å²) < 4.78 is 7.94. The Bertz CT molecular complexity index is 851. The number of hydrogen-bond acceptors (Lipinski definition) is 5. The van der Waals surface area contributed by atoms with Gasteiger partial charge in [-0.15, -0.1) is 10.2 Å². The van der Waals surface area contributed by atoms with E-state index in [-0.39, 0.29) is 11.7 Å². The molecule has 128 valence electrons. The minimum atomic E-state index is -0.264. The molecule has 1 aromatic heterocycles. The first-order valence-electron chi connectivity index (χ1n) is 7.74. The van der Waals surface area contributed by atoms with Crippen molar-refractivity contribution < 1.29 is 9.53 Å². The third-order valence-electron chi connectivity index (χ3n) is 3.37. The Hall–Kier alpha value is -2.12. The zero-order chi connectivity index (χ0) is 17.6. The van der Waals surface area contributed by atoms with Crippen molar-refractivity contribution in [3.63, 3.8) is 0 Å². The molecule has 0 fully saturated rings. The molecule has 25 heavy (non-hydrogen) atoms. The van der Waals surface area contributed by atoms with E-state index in [2.05, 4.69) is 26.1 Å². The van der Waals surface area contributed by atoms with Crippen LogP contribution in [0.3, 0.4) is 0 Å². The van der Waals surface area contributed by atoms with Crippen molar-refractivity contribution in [3.05, 3.63) is 59.1 Å². The maximum Gasteiger partial charge on any atom is 0.316 e. The molecule has 3 rings (SSSR count). The molecule has 0 atom stereocenters. The van der Waals surface area contributed by atoms with Crippen molar-refractivity contribution in [3.8, 4) is 17.1 Å². The smallest absolute Gasteiger partial charge is 0.316 e. The van der Waals surface area contributed by atoms with E-state index in [0.717, 1.165) is 21.5 Å². The van der Waals surface area contributed by atoms with Crippen molar-refractivity contribution in [1.82, 2.24) is 14.8 Å². The lowest BCUT2D eigenvalue weighted by Crippen LogP contribution is -2.08. The van der Waals surface area contributed by atoms with Crippen LogP contribution in [0.4, 0.5) is 0 Å². The van der Waals surface area contributed by atoms with Gasteiger partial charge in [0, 0.05) is 15.7 Å². The number of rotatable bonds is 6. The zero-order valence-electron chi connectivity index (χ0n) is 13.6. The Balaban J connectivity index is 1.98. The third kappa shape index (κ3) is 4.29. The molecule has 0 bridgehead atoms. The van der Waals surface area contributed by atoms with Crippen LogP contribution >= 0.6 is 27.7 Å². The number of halogens is 1. The maximum atomic E-state index is 11.7. The molecule has 3 aromatic rings. The molecule has 0 saturated carbocycles. The standard InChI is InChI=1S/C18H16BrN3O2S/c1-2-24-16(23)12-25-18-21-20-17(13-8-10-14(19)11-9-13)22(18)15-6-4-3-5-7-15/h3-11H,2,12H2,1H3. The first-order chi connectivity index (χ1) is 12.2. The first kappa shape index (κ1) is 17.7. The van der Waals surface area contributed by atoms with Crippen molar-refractivity contribution >= 4 is 33.7 Å². The quantitative estimate of drug-likeness (QED) is 0.440. The summed E-state index contributed by atoms with van der Waals surface area (Å²) in [5.74, 6) is 0.657. The van der Waals surface area contributed by atoms with Gasteiger partial charge in [0.05, 0.1) is 12.4 Å². The highest BCUT2D eigenvalue weighted by molar-refractivity contribution is 9.10. The lowest BCUT2D eigenvalue weighted by atomic mass is 10.2. The minimum absolute atomic E-state index is 0.194. The monoisotopic (exact) mass is 417 g/mol. The van der Waals surface area contributed by atoms with Gasteiger partial charge in [-0.25, -0.2) is 0 Å². The van der Waals surface area contributed by atoms with Gasteiger partial charge >= 0.3 is 5.97 Å². The van der Waals surface area contributed by atoms with E-state index in [9.17, 15) is 4.79 Å². The number of benzene rings is 2. The second-order valence-corrected chi connectivity index (χ2v) is 6.94. The number of carbonyl (C=O) groups is 1. The number of aromatic nitrogens is 3. The van der Waals surface area contributed by atoms with Gasteiger partial charge in [0.25, 0.3) is 0 Å². The summed E-state index contributed by atoms with van der Waals surface area (Å²) in [6.07, 6.45) is 0. The molecule has 0 aliphatic carbocycles. The number of nitrogens with zero attached hydrogens (tertiary/aromatic N) is 3. The second-order valence-electron chi connectivity index (χ2n) is 5.08. The van der Waals surface area contributed by atoms with Gasteiger partial charge in [-0.3, -0.25) is 9.36 Å². The predicted octanol–water partition coefficient (Wildman–Crippen LogP) is 4.35. The Morgan fingerprint density at radius 2 is 1.84 bits per heavy atom. The van der Waals surface area contributed by atoms with Gasteiger partial charge in [0.1, 0.15) is 0 Å². The lowest BCUT2D eigenvalue weighted by molar-refractivity contribution is -0.139. The summed E-state index contributed by atoms with van der Waals surface area (Å²) >= 11 is 4.76. The van der Waals surface area contributed by atoms with Crippen LogP contribution in [0.2, 0.25) is 0 Å².